The molecule has 0 aromatic carbocycles. The molecule has 0 saturated carbocycles. The first-order chi connectivity index (χ1) is 3.39. The van der Waals surface area contributed by atoms with E-state index in [0.29, 0.717) is 0 Å². The van der Waals surface area contributed by atoms with E-state index in [4.69, 9.17) is 0 Å². The van der Waals surface area contributed by atoms with Gasteiger partial charge in [0.15, 0.2) is 0 Å². The molecule has 3 heteroatoms. The Morgan fingerprint density at radius 1 is 1.38 bits per heavy atom. The van der Waals surface area contributed by atoms with E-state index >= 15 is 0 Å². The zero-order valence-corrected chi connectivity index (χ0v) is 7.13. The van der Waals surface area contributed by atoms with Crippen molar-refractivity contribution in [1.82, 2.24) is 9.97 Å². The van der Waals surface area contributed by atoms with Gasteiger partial charge < -0.3 is 1.43 Å². The minimum atomic E-state index is 0. The van der Waals surface area contributed by atoms with Crippen molar-refractivity contribution in [3.8, 4) is 0 Å². The van der Waals surface area contributed by atoms with Crippen LogP contribution in [0.15, 0.2) is 18.5 Å². The fraction of sp³-hybridized carbons (Fsp3) is 0.200. The van der Waals surface area contributed by atoms with Crippen molar-refractivity contribution >= 4 is 0 Å². The molecule has 0 N–H and O–H groups in total. The van der Waals surface area contributed by atoms with Crippen LogP contribution in [-0.2, 0) is 0 Å². The summed E-state index contributed by atoms with van der Waals surface area (Å²) in [4.78, 5) is 7.74. The molecule has 38 valence electrons. The van der Waals surface area contributed by atoms with E-state index in [9.17, 15) is 0 Å². The minimum absolute atomic E-state index is 0. The van der Waals surface area contributed by atoms with Crippen molar-refractivity contribution in [3.63, 3.8) is 0 Å². The van der Waals surface area contributed by atoms with Crippen LogP contribution in [0.2, 0.25) is 0 Å². The number of hydrogen-bond acceptors (Lipinski definition) is 2. The van der Waals surface area contributed by atoms with Gasteiger partial charge in [0.25, 0.3) is 0 Å². The molecule has 0 unspecified atom stereocenters. The maximum Gasteiger partial charge on any atom is 1.00 e. The van der Waals surface area contributed by atoms with Crippen LogP contribution in [0.4, 0.5) is 0 Å². The predicted octanol–water partition coefficient (Wildman–Crippen LogP) is -2.10. The van der Waals surface area contributed by atoms with Gasteiger partial charge in [0.05, 0.1) is 0 Å². The van der Waals surface area contributed by atoms with Crippen molar-refractivity contribution in [2.24, 2.45) is 0 Å². The van der Waals surface area contributed by atoms with Crippen molar-refractivity contribution < 1.29 is 31.0 Å². The van der Waals surface area contributed by atoms with Gasteiger partial charge in [0.2, 0.25) is 0 Å². The average molecular weight is 118 g/mol. The molecule has 0 amide bonds. The first-order valence-corrected chi connectivity index (χ1v) is 2.13. The Balaban J connectivity index is 0. The van der Waals surface area contributed by atoms with Gasteiger partial charge >= 0.3 is 29.6 Å². The van der Waals surface area contributed by atoms with Gasteiger partial charge in [-0.2, -0.15) is 0 Å². The number of aromatic nitrogens is 2. The summed E-state index contributed by atoms with van der Waals surface area (Å²) in [6, 6.07) is 1.80. The van der Waals surface area contributed by atoms with E-state index in [1.54, 1.807) is 18.5 Å². The third-order valence-electron chi connectivity index (χ3n) is 0.695. The number of nitrogens with zero attached hydrogens (tertiary/aromatic N) is 2. The van der Waals surface area contributed by atoms with E-state index in [1.807, 2.05) is 6.92 Å². The summed E-state index contributed by atoms with van der Waals surface area (Å²) in [5, 5.41) is 0. The minimum Gasteiger partial charge on any atom is -1.00 e. The Labute approximate surface area is 72.1 Å². The van der Waals surface area contributed by atoms with Crippen LogP contribution >= 0.6 is 0 Å². The molecule has 0 aliphatic heterocycles. The Morgan fingerprint density at radius 2 is 1.88 bits per heavy atom. The summed E-state index contributed by atoms with van der Waals surface area (Å²) in [5.74, 6) is 0.822. The standard InChI is InChI=1S/C5H6N2.Na.H/c1-5-6-3-2-4-7-5;;/h2-4H,1H3;;/q;+1;-1. The van der Waals surface area contributed by atoms with Gasteiger partial charge in [-0.3, -0.25) is 0 Å². The second kappa shape index (κ2) is 4.01. The Hall–Kier alpha value is 0.0800. The van der Waals surface area contributed by atoms with E-state index in [2.05, 4.69) is 9.97 Å². The van der Waals surface area contributed by atoms with E-state index in [-0.39, 0.29) is 31.0 Å². The first kappa shape index (κ1) is 8.08. The molecule has 0 aliphatic rings. The molecular formula is C5H7N2Na. The van der Waals surface area contributed by atoms with Gasteiger partial charge in [-0.1, -0.05) is 0 Å². The zero-order chi connectivity index (χ0) is 5.11. The molecule has 0 bridgehead atoms. The summed E-state index contributed by atoms with van der Waals surface area (Å²) in [6.07, 6.45) is 3.45. The summed E-state index contributed by atoms with van der Waals surface area (Å²) < 4.78 is 0. The zero-order valence-electron chi connectivity index (χ0n) is 6.13. The molecule has 0 atom stereocenters. The fourth-order valence-corrected chi connectivity index (χ4v) is 0.374. The molecule has 1 rings (SSSR count). The predicted molar refractivity (Wildman–Crippen MR) is 27.9 cm³/mol. The van der Waals surface area contributed by atoms with Crippen LogP contribution in [0.1, 0.15) is 7.25 Å². The second-order valence-electron chi connectivity index (χ2n) is 1.30. The molecule has 8 heavy (non-hydrogen) atoms. The van der Waals surface area contributed by atoms with Crippen molar-refractivity contribution in [3.05, 3.63) is 24.3 Å². The molecule has 0 aliphatic carbocycles. The normalized spacial score (nSPS) is 7.62. The first-order valence-electron chi connectivity index (χ1n) is 2.13. The quantitative estimate of drug-likeness (QED) is 0.365. The maximum absolute atomic E-state index is 3.87. The topological polar surface area (TPSA) is 25.8 Å². The molecule has 2 nitrogen and oxygen atoms in total. The average Bonchev–Trinajstić information content (AvgIpc) is 1.69. The van der Waals surface area contributed by atoms with Crippen molar-refractivity contribution in [1.29, 1.82) is 0 Å². The van der Waals surface area contributed by atoms with Crippen LogP contribution < -0.4 is 29.6 Å². The van der Waals surface area contributed by atoms with Gasteiger partial charge in [-0.25, -0.2) is 9.97 Å². The molecule has 1 aromatic heterocycles. The van der Waals surface area contributed by atoms with Gasteiger partial charge in [0, 0.05) is 12.4 Å². The molecule has 1 aromatic rings. The van der Waals surface area contributed by atoms with Crippen LogP contribution in [-0.4, -0.2) is 9.97 Å². The smallest absolute Gasteiger partial charge is 1.00 e. The Bertz CT molecular complexity index is 145. The fourth-order valence-electron chi connectivity index (χ4n) is 0.374. The Kier molecular flexibility index (Phi) is 4.05. The molecule has 0 saturated heterocycles. The summed E-state index contributed by atoms with van der Waals surface area (Å²) in [6.45, 7) is 1.86. The SMILES string of the molecule is Cc1ncccn1.[H-].[Na+]. The third kappa shape index (κ3) is 2.40. The molecule has 0 spiro atoms. The number of rotatable bonds is 0. The Morgan fingerprint density at radius 3 is 2.12 bits per heavy atom. The number of aryl methyl sites for hydroxylation is 1. The van der Waals surface area contributed by atoms with Crippen LogP contribution in [0.5, 0.6) is 0 Å². The maximum atomic E-state index is 3.87. The second-order valence-corrected chi connectivity index (χ2v) is 1.30. The van der Waals surface area contributed by atoms with Gasteiger partial charge in [-0.15, -0.1) is 0 Å². The van der Waals surface area contributed by atoms with E-state index in [1.165, 1.54) is 0 Å². The van der Waals surface area contributed by atoms with Gasteiger partial charge in [0.1, 0.15) is 5.82 Å². The molecular weight excluding hydrogens is 111 g/mol. The van der Waals surface area contributed by atoms with Crippen LogP contribution in [0.25, 0.3) is 0 Å². The number of hydrogen-bond donors (Lipinski definition) is 0. The summed E-state index contributed by atoms with van der Waals surface area (Å²) in [5.41, 5.74) is 0. The molecule has 1 heterocycles. The third-order valence-corrected chi connectivity index (χ3v) is 0.695. The van der Waals surface area contributed by atoms with Crippen LogP contribution in [0, 0.1) is 6.92 Å². The molecule has 0 fully saturated rings. The van der Waals surface area contributed by atoms with E-state index < -0.39 is 0 Å². The molecule has 0 radical (unpaired) electrons. The van der Waals surface area contributed by atoms with E-state index in [0.717, 1.165) is 5.82 Å². The largest absolute Gasteiger partial charge is 1.00 e. The van der Waals surface area contributed by atoms with Gasteiger partial charge in [-0.05, 0) is 13.0 Å². The van der Waals surface area contributed by atoms with Crippen molar-refractivity contribution in [2.45, 2.75) is 6.92 Å². The van der Waals surface area contributed by atoms with Crippen LogP contribution in [0.3, 0.4) is 0 Å². The van der Waals surface area contributed by atoms with Crippen molar-refractivity contribution in [2.75, 3.05) is 0 Å². The summed E-state index contributed by atoms with van der Waals surface area (Å²) >= 11 is 0. The monoisotopic (exact) mass is 118 g/mol. The summed E-state index contributed by atoms with van der Waals surface area (Å²) in [7, 11) is 0.